The second-order valence-corrected chi connectivity index (χ2v) is 5.21. The molecule has 0 aliphatic carbocycles. The first-order valence-electron chi connectivity index (χ1n) is 6.72. The Morgan fingerprint density at radius 1 is 1.36 bits per heavy atom. The van der Waals surface area contributed by atoms with Crippen LogP contribution >= 0.6 is 0 Å². The van der Waals surface area contributed by atoms with Gasteiger partial charge in [-0.2, -0.15) is 18.4 Å². The number of alkyl halides is 3. The highest BCUT2D eigenvalue weighted by molar-refractivity contribution is 5.89. The molecule has 0 bridgehead atoms. The highest BCUT2D eigenvalue weighted by atomic mass is 19.4. The van der Waals surface area contributed by atoms with Crippen LogP contribution in [-0.2, 0) is 0 Å². The van der Waals surface area contributed by atoms with E-state index in [-0.39, 0.29) is 5.69 Å². The zero-order chi connectivity index (χ0) is 15.9. The van der Waals surface area contributed by atoms with E-state index in [1.165, 1.54) is 11.1 Å². The Morgan fingerprint density at radius 3 is 2.73 bits per heavy atom. The molecule has 1 aliphatic rings. The second kappa shape index (κ2) is 5.14. The van der Waals surface area contributed by atoms with E-state index in [1.54, 1.807) is 24.3 Å². The molecule has 1 saturated heterocycles. The van der Waals surface area contributed by atoms with Gasteiger partial charge in [-0.25, -0.2) is 4.98 Å². The monoisotopic (exact) mass is 307 g/mol. The highest BCUT2D eigenvalue weighted by Crippen LogP contribution is 2.35. The van der Waals surface area contributed by atoms with Crippen molar-refractivity contribution >= 4 is 16.5 Å². The van der Waals surface area contributed by atoms with Crippen LogP contribution in [0.15, 0.2) is 30.5 Å². The number of benzene rings is 1. The first kappa shape index (κ1) is 14.6. The predicted octanol–water partition coefficient (Wildman–Crippen LogP) is 2.61. The van der Waals surface area contributed by atoms with Gasteiger partial charge in [-0.3, -0.25) is 0 Å². The Kier molecular flexibility index (Phi) is 3.41. The Labute approximate surface area is 124 Å². The summed E-state index contributed by atoms with van der Waals surface area (Å²) in [7, 11) is 0. The van der Waals surface area contributed by atoms with E-state index in [0.29, 0.717) is 24.0 Å². The molecule has 0 radical (unpaired) electrons. The van der Waals surface area contributed by atoms with Crippen molar-refractivity contribution < 1.29 is 18.3 Å². The van der Waals surface area contributed by atoms with Crippen LogP contribution < -0.4 is 4.90 Å². The van der Waals surface area contributed by atoms with E-state index in [1.807, 2.05) is 6.07 Å². The van der Waals surface area contributed by atoms with Crippen molar-refractivity contribution in [2.24, 2.45) is 0 Å². The molecular weight excluding hydrogens is 295 g/mol. The molecule has 4 nitrogen and oxygen atoms in total. The summed E-state index contributed by atoms with van der Waals surface area (Å²) in [6.07, 6.45) is -5.21. The highest BCUT2D eigenvalue weighted by Gasteiger charge is 2.48. The molecule has 1 aromatic heterocycles. The van der Waals surface area contributed by atoms with Crippen LogP contribution in [0.3, 0.4) is 0 Å². The maximum atomic E-state index is 12.6. The summed E-state index contributed by atoms with van der Waals surface area (Å²) in [6, 6.07) is 7.76. The number of pyridine rings is 1. The van der Waals surface area contributed by atoms with Crippen LogP contribution in [0.4, 0.5) is 18.9 Å². The number of rotatable bonds is 2. The smallest absolute Gasteiger partial charge is 0.382 e. The third-order valence-corrected chi connectivity index (χ3v) is 3.95. The Hall–Kier alpha value is -2.33. The summed E-state index contributed by atoms with van der Waals surface area (Å²) in [5.74, 6) is 0. The number of nitriles is 1. The van der Waals surface area contributed by atoms with Crippen molar-refractivity contribution in [3.8, 4) is 6.07 Å². The van der Waals surface area contributed by atoms with Crippen LogP contribution in [-0.4, -0.2) is 35.0 Å². The molecule has 7 heteroatoms. The van der Waals surface area contributed by atoms with E-state index >= 15 is 0 Å². The van der Waals surface area contributed by atoms with Gasteiger partial charge in [-0.05, 0) is 36.1 Å². The van der Waals surface area contributed by atoms with Crippen molar-refractivity contribution in [2.75, 3.05) is 11.4 Å². The number of hydrogen-bond acceptors (Lipinski definition) is 4. The lowest BCUT2D eigenvalue weighted by atomic mass is 9.95. The van der Waals surface area contributed by atoms with Gasteiger partial charge in [0.25, 0.3) is 0 Å². The largest absolute Gasteiger partial charge is 0.416 e. The van der Waals surface area contributed by atoms with E-state index in [0.717, 1.165) is 5.39 Å². The fraction of sp³-hybridized carbons (Fsp3) is 0.333. The molecule has 1 unspecified atom stereocenters. The normalized spacial score (nSPS) is 19.6. The number of anilines is 1. The van der Waals surface area contributed by atoms with Crippen LogP contribution in [0, 0.1) is 11.3 Å². The lowest BCUT2D eigenvalue weighted by molar-refractivity contribution is -0.213. The van der Waals surface area contributed by atoms with Crippen molar-refractivity contribution in [2.45, 2.75) is 24.7 Å². The molecule has 0 saturated carbocycles. The van der Waals surface area contributed by atoms with Crippen molar-refractivity contribution in [1.82, 2.24) is 4.98 Å². The van der Waals surface area contributed by atoms with Gasteiger partial charge in [0.2, 0.25) is 0 Å². The molecule has 2 aromatic rings. The van der Waals surface area contributed by atoms with Crippen LogP contribution in [0.1, 0.15) is 12.1 Å². The zero-order valence-corrected chi connectivity index (χ0v) is 11.4. The van der Waals surface area contributed by atoms with Gasteiger partial charge in [0.05, 0.1) is 6.04 Å². The van der Waals surface area contributed by atoms with Crippen molar-refractivity contribution in [3.63, 3.8) is 0 Å². The lowest BCUT2D eigenvalue weighted by Crippen LogP contribution is -2.58. The number of halogens is 3. The summed E-state index contributed by atoms with van der Waals surface area (Å²) in [5.41, 5.74) is 0.877. The van der Waals surface area contributed by atoms with Gasteiger partial charge in [0, 0.05) is 23.8 Å². The molecule has 0 spiro atoms. The minimum Gasteiger partial charge on any atom is -0.382 e. The maximum absolute atomic E-state index is 12.6. The zero-order valence-electron chi connectivity index (χ0n) is 11.4. The minimum absolute atomic E-state index is 0.277. The van der Waals surface area contributed by atoms with Gasteiger partial charge in [-0.15, -0.1) is 0 Å². The number of aromatic nitrogens is 1. The molecule has 114 valence electrons. The third kappa shape index (κ3) is 2.35. The van der Waals surface area contributed by atoms with Gasteiger partial charge < -0.3 is 10.0 Å². The van der Waals surface area contributed by atoms with Gasteiger partial charge in [0.1, 0.15) is 11.8 Å². The summed E-state index contributed by atoms with van der Waals surface area (Å²) in [5, 5.41) is 19.8. The van der Waals surface area contributed by atoms with E-state index < -0.39 is 18.3 Å². The van der Waals surface area contributed by atoms with Crippen LogP contribution in [0.25, 0.3) is 10.8 Å². The summed E-state index contributed by atoms with van der Waals surface area (Å²) < 4.78 is 37.9. The molecule has 1 aliphatic heterocycles. The maximum Gasteiger partial charge on any atom is 0.416 e. The molecule has 0 amide bonds. The first-order valence-corrected chi connectivity index (χ1v) is 6.72. The summed E-state index contributed by atoms with van der Waals surface area (Å²) in [6.45, 7) is 0.458. The van der Waals surface area contributed by atoms with Gasteiger partial charge in [0.15, 0.2) is 6.10 Å². The van der Waals surface area contributed by atoms with E-state index in [2.05, 4.69) is 4.98 Å². The number of nitrogens with zero attached hydrogens (tertiary/aromatic N) is 3. The van der Waals surface area contributed by atoms with Gasteiger partial charge in [-0.1, -0.05) is 0 Å². The number of hydrogen-bond donors (Lipinski definition) is 1. The Balaban J connectivity index is 1.93. The number of aliphatic hydroxyl groups excluding tert-OH is 1. The molecule has 1 N–H and O–H groups in total. The van der Waals surface area contributed by atoms with Crippen LogP contribution in [0.2, 0.25) is 0 Å². The average molecular weight is 307 g/mol. The Bertz CT molecular complexity index is 754. The topological polar surface area (TPSA) is 60.2 Å². The minimum atomic E-state index is -4.63. The summed E-state index contributed by atoms with van der Waals surface area (Å²) >= 11 is 0. The third-order valence-electron chi connectivity index (χ3n) is 3.95. The van der Waals surface area contributed by atoms with E-state index in [4.69, 9.17) is 5.26 Å². The SMILES string of the molecule is N#Cc1nccc2cc(N3CC[C@H]3C(O)C(F)(F)F)ccc12. The van der Waals surface area contributed by atoms with E-state index in [9.17, 15) is 18.3 Å². The molecule has 1 fully saturated rings. The average Bonchev–Trinajstić information content (AvgIpc) is 2.44. The fourth-order valence-electron chi connectivity index (χ4n) is 2.71. The lowest BCUT2D eigenvalue weighted by Gasteiger charge is -2.45. The summed E-state index contributed by atoms with van der Waals surface area (Å²) in [4.78, 5) is 5.48. The van der Waals surface area contributed by atoms with Gasteiger partial charge >= 0.3 is 6.18 Å². The molecule has 2 atom stereocenters. The molecule has 1 aromatic carbocycles. The van der Waals surface area contributed by atoms with Crippen molar-refractivity contribution in [1.29, 1.82) is 5.26 Å². The van der Waals surface area contributed by atoms with Crippen molar-refractivity contribution in [3.05, 3.63) is 36.2 Å². The fourth-order valence-corrected chi connectivity index (χ4v) is 2.71. The molecular formula is C15H12F3N3O. The first-order chi connectivity index (χ1) is 10.4. The quantitative estimate of drug-likeness (QED) is 0.926. The number of aliphatic hydroxyl groups is 1. The predicted molar refractivity (Wildman–Crippen MR) is 74.3 cm³/mol. The molecule has 3 rings (SSSR count). The standard InChI is InChI=1S/C15H12F3N3O/c16-15(17,18)14(22)13-4-6-21(13)10-1-2-11-9(7-10)3-5-20-12(11)8-19/h1-3,5,7,13-14,22H,4,6H2/t13-,14?/m0/s1. The molecule has 22 heavy (non-hydrogen) atoms. The van der Waals surface area contributed by atoms with Crippen LogP contribution in [0.5, 0.6) is 0 Å². The Morgan fingerprint density at radius 2 is 2.14 bits per heavy atom. The molecule has 2 heterocycles. The number of fused-ring (bicyclic) bond motifs is 1. The second-order valence-electron chi connectivity index (χ2n) is 5.21.